The van der Waals surface area contributed by atoms with Crippen LogP contribution < -0.4 is 9.47 Å². The van der Waals surface area contributed by atoms with Gasteiger partial charge in [0.2, 0.25) is 0 Å². The van der Waals surface area contributed by atoms with Crippen LogP contribution in [0.5, 0.6) is 11.5 Å². The number of benzene rings is 2. The minimum Gasteiger partial charge on any atom is -0.496 e. The second-order valence-corrected chi connectivity index (χ2v) is 6.44. The first-order valence-electron chi connectivity index (χ1n) is 5.98. The fourth-order valence-corrected chi connectivity index (χ4v) is 3.18. The highest BCUT2D eigenvalue weighted by molar-refractivity contribution is 9.10. The SMILES string of the molecule is COc1cc(C(Br)c2ccc(Cl)c(F)c2)c(OC)cc1Br. The molecular formula is C15H12Br2ClFO2. The first-order valence-corrected chi connectivity index (χ1v) is 8.07. The van der Waals surface area contributed by atoms with E-state index in [1.165, 1.54) is 12.1 Å². The molecule has 1 atom stereocenters. The van der Waals surface area contributed by atoms with Gasteiger partial charge in [0.25, 0.3) is 0 Å². The number of hydrogen-bond acceptors (Lipinski definition) is 2. The predicted octanol–water partition coefficient (Wildman–Crippen LogP) is 5.74. The summed E-state index contributed by atoms with van der Waals surface area (Å²) < 4.78 is 25.1. The second-order valence-electron chi connectivity index (χ2n) is 4.26. The Balaban J connectivity index is 2.50. The van der Waals surface area contributed by atoms with Gasteiger partial charge in [-0.2, -0.15) is 0 Å². The lowest BCUT2D eigenvalue weighted by Gasteiger charge is -2.17. The Morgan fingerprint density at radius 2 is 1.76 bits per heavy atom. The van der Waals surface area contributed by atoms with E-state index in [1.807, 2.05) is 12.1 Å². The molecular weight excluding hydrogens is 426 g/mol. The molecule has 2 nitrogen and oxygen atoms in total. The van der Waals surface area contributed by atoms with Gasteiger partial charge >= 0.3 is 0 Å². The summed E-state index contributed by atoms with van der Waals surface area (Å²) in [7, 11) is 3.17. The molecule has 1 unspecified atom stereocenters. The highest BCUT2D eigenvalue weighted by atomic mass is 79.9. The maximum atomic E-state index is 13.6. The molecule has 0 heterocycles. The molecule has 0 aliphatic heterocycles. The van der Waals surface area contributed by atoms with Crippen LogP contribution >= 0.6 is 43.5 Å². The Labute approximate surface area is 144 Å². The van der Waals surface area contributed by atoms with Gasteiger partial charge in [0, 0.05) is 5.56 Å². The van der Waals surface area contributed by atoms with Gasteiger partial charge in [-0.1, -0.05) is 33.6 Å². The van der Waals surface area contributed by atoms with Crippen LogP contribution in [0, 0.1) is 5.82 Å². The largest absolute Gasteiger partial charge is 0.496 e. The number of alkyl halides is 1. The maximum absolute atomic E-state index is 13.6. The zero-order chi connectivity index (χ0) is 15.6. The van der Waals surface area contributed by atoms with E-state index in [-0.39, 0.29) is 9.85 Å². The lowest BCUT2D eigenvalue weighted by Crippen LogP contribution is -1.99. The van der Waals surface area contributed by atoms with Crippen molar-refractivity contribution in [3.05, 3.63) is 56.8 Å². The van der Waals surface area contributed by atoms with Crippen molar-refractivity contribution >= 4 is 43.5 Å². The van der Waals surface area contributed by atoms with Gasteiger partial charge in [-0.15, -0.1) is 0 Å². The Morgan fingerprint density at radius 1 is 1.10 bits per heavy atom. The first kappa shape index (κ1) is 16.6. The molecule has 0 bridgehead atoms. The molecule has 0 saturated carbocycles. The zero-order valence-electron chi connectivity index (χ0n) is 11.3. The fraction of sp³-hybridized carbons (Fsp3) is 0.200. The average Bonchev–Trinajstić information content (AvgIpc) is 2.49. The molecule has 6 heteroatoms. The number of hydrogen-bond donors (Lipinski definition) is 0. The fourth-order valence-electron chi connectivity index (χ4n) is 1.93. The van der Waals surface area contributed by atoms with Gasteiger partial charge in [-0.3, -0.25) is 0 Å². The molecule has 0 saturated heterocycles. The lowest BCUT2D eigenvalue weighted by molar-refractivity contribution is 0.397. The van der Waals surface area contributed by atoms with Crippen molar-refractivity contribution in [1.82, 2.24) is 0 Å². The monoisotopic (exact) mass is 436 g/mol. The Hall–Kier alpha value is -0.780. The van der Waals surface area contributed by atoms with Crippen LogP contribution in [0.4, 0.5) is 4.39 Å². The predicted molar refractivity (Wildman–Crippen MR) is 89.4 cm³/mol. The summed E-state index contributed by atoms with van der Waals surface area (Å²) in [6.45, 7) is 0. The van der Waals surface area contributed by atoms with E-state index in [1.54, 1.807) is 20.3 Å². The summed E-state index contributed by atoms with van der Waals surface area (Å²) in [5, 5.41) is 0.0961. The molecule has 0 aromatic heterocycles. The van der Waals surface area contributed by atoms with Crippen LogP contribution in [-0.2, 0) is 0 Å². The van der Waals surface area contributed by atoms with Crippen molar-refractivity contribution in [3.8, 4) is 11.5 Å². The van der Waals surface area contributed by atoms with E-state index in [9.17, 15) is 4.39 Å². The molecule has 112 valence electrons. The number of ether oxygens (including phenoxy) is 2. The molecule has 21 heavy (non-hydrogen) atoms. The van der Waals surface area contributed by atoms with Gasteiger partial charge in [0.05, 0.1) is 28.5 Å². The normalized spacial score (nSPS) is 12.1. The summed E-state index contributed by atoms with van der Waals surface area (Å²) in [5.41, 5.74) is 1.57. The molecule has 2 rings (SSSR count). The van der Waals surface area contributed by atoms with Crippen molar-refractivity contribution in [2.45, 2.75) is 4.83 Å². The number of methoxy groups -OCH3 is 2. The molecule has 0 aliphatic carbocycles. The summed E-state index contributed by atoms with van der Waals surface area (Å²) in [5.74, 6) is 0.881. The molecule has 2 aromatic carbocycles. The van der Waals surface area contributed by atoms with Crippen molar-refractivity contribution in [3.63, 3.8) is 0 Å². The second kappa shape index (κ2) is 6.99. The van der Waals surface area contributed by atoms with E-state index in [0.717, 1.165) is 15.6 Å². The Kier molecular flexibility index (Phi) is 5.52. The average molecular weight is 439 g/mol. The van der Waals surface area contributed by atoms with Crippen LogP contribution in [0.2, 0.25) is 5.02 Å². The topological polar surface area (TPSA) is 18.5 Å². The van der Waals surface area contributed by atoms with Crippen molar-refractivity contribution < 1.29 is 13.9 Å². The van der Waals surface area contributed by atoms with Crippen molar-refractivity contribution in [1.29, 1.82) is 0 Å². The van der Waals surface area contributed by atoms with Crippen molar-refractivity contribution in [2.24, 2.45) is 0 Å². The highest BCUT2D eigenvalue weighted by Gasteiger charge is 2.19. The third-order valence-electron chi connectivity index (χ3n) is 3.01. The third kappa shape index (κ3) is 3.52. The molecule has 2 aromatic rings. The quantitative estimate of drug-likeness (QED) is 0.567. The van der Waals surface area contributed by atoms with Crippen LogP contribution in [0.25, 0.3) is 0 Å². The molecule has 0 fully saturated rings. The van der Waals surface area contributed by atoms with Crippen LogP contribution in [0.15, 0.2) is 34.8 Å². The van der Waals surface area contributed by atoms with E-state index in [4.69, 9.17) is 21.1 Å². The van der Waals surface area contributed by atoms with E-state index < -0.39 is 5.82 Å². The van der Waals surface area contributed by atoms with Crippen LogP contribution in [0.3, 0.4) is 0 Å². The summed E-state index contributed by atoms with van der Waals surface area (Å²) in [6, 6.07) is 8.35. The standard InChI is InChI=1S/C15H12Br2ClFO2/c1-20-13-7-10(16)14(21-2)6-9(13)15(17)8-3-4-11(18)12(19)5-8/h3-7,15H,1-2H3. The van der Waals surface area contributed by atoms with Crippen LogP contribution in [-0.4, -0.2) is 14.2 Å². The molecule has 0 amide bonds. The first-order chi connectivity index (χ1) is 9.97. The zero-order valence-corrected chi connectivity index (χ0v) is 15.2. The molecule has 0 aliphatic rings. The summed E-state index contributed by atoms with van der Waals surface area (Å²) in [4.78, 5) is -0.249. The van der Waals surface area contributed by atoms with Crippen molar-refractivity contribution in [2.75, 3.05) is 14.2 Å². The van der Waals surface area contributed by atoms with Gasteiger partial charge < -0.3 is 9.47 Å². The van der Waals surface area contributed by atoms with Gasteiger partial charge in [-0.05, 0) is 45.8 Å². The Bertz CT molecular complexity index is 664. The summed E-state index contributed by atoms with van der Waals surface area (Å²) in [6.07, 6.45) is 0. The molecule has 0 N–H and O–H groups in total. The minimum atomic E-state index is -0.457. The van der Waals surface area contributed by atoms with Crippen LogP contribution in [0.1, 0.15) is 16.0 Å². The highest BCUT2D eigenvalue weighted by Crippen LogP contribution is 2.42. The Morgan fingerprint density at radius 3 is 2.33 bits per heavy atom. The van der Waals surface area contributed by atoms with Gasteiger partial charge in [0.15, 0.2) is 0 Å². The van der Waals surface area contributed by atoms with E-state index >= 15 is 0 Å². The maximum Gasteiger partial charge on any atom is 0.142 e. The molecule has 0 radical (unpaired) electrons. The lowest BCUT2D eigenvalue weighted by atomic mass is 10.0. The third-order valence-corrected chi connectivity index (χ3v) is 4.96. The van der Waals surface area contributed by atoms with Gasteiger partial charge in [0.1, 0.15) is 17.3 Å². The number of rotatable bonds is 4. The molecule has 0 spiro atoms. The summed E-state index contributed by atoms with van der Waals surface area (Å²) >= 11 is 12.7. The smallest absolute Gasteiger partial charge is 0.142 e. The van der Waals surface area contributed by atoms with Gasteiger partial charge in [-0.25, -0.2) is 4.39 Å². The van der Waals surface area contributed by atoms with E-state index in [0.29, 0.717) is 11.5 Å². The number of halogens is 4. The minimum absolute atomic E-state index is 0.0961. The van der Waals surface area contributed by atoms with E-state index in [2.05, 4.69) is 31.9 Å².